The van der Waals surface area contributed by atoms with Crippen molar-refractivity contribution in [2.75, 3.05) is 13.1 Å². The van der Waals surface area contributed by atoms with Crippen molar-refractivity contribution in [3.8, 4) is 0 Å². The third kappa shape index (κ3) is 3.90. The van der Waals surface area contributed by atoms with Gasteiger partial charge in [-0.3, -0.25) is 4.79 Å². The first kappa shape index (κ1) is 14.3. The lowest BCUT2D eigenvalue weighted by molar-refractivity contribution is 0.0935. The monoisotopic (exact) mass is 259 g/mol. The Morgan fingerprint density at radius 1 is 1.26 bits per heavy atom. The molecule has 1 aromatic carbocycles. The van der Waals surface area contributed by atoms with E-state index in [4.69, 9.17) is 0 Å². The molecule has 0 aromatic heterocycles. The Balaban J connectivity index is 1.76. The zero-order chi connectivity index (χ0) is 13.7. The first-order valence-corrected chi connectivity index (χ1v) is 7.51. The number of piperidine rings is 1. The lowest BCUT2D eigenvalue weighted by Crippen LogP contribution is -2.42. The molecule has 1 aromatic rings. The minimum absolute atomic E-state index is 0.276. The predicted octanol–water partition coefficient (Wildman–Crippen LogP) is 3.77. The van der Waals surface area contributed by atoms with Gasteiger partial charge in [0.2, 0.25) is 0 Å². The molecule has 0 amide bonds. The van der Waals surface area contributed by atoms with Crippen molar-refractivity contribution in [2.24, 2.45) is 5.92 Å². The quantitative estimate of drug-likeness (QED) is 0.750. The summed E-state index contributed by atoms with van der Waals surface area (Å²) in [4.78, 5) is 14.6. The molecule has 2 rings (SSSR count). The van der Waals surface area contributed by atoms with Crippen molar-refractivity contribution in [1.29, 1.82) is 0 Å². The van der Waals surface area contributed by atoms with Crippen LogP contribution >= 0.6 is 0 Å². The molecule has 2 heteroatoms. The second-order valence-corrected chi connectivity index (χ2v) is 5.79. The Bertz CT molecular complexity index is 401. The number of rotatable bonds is 5. The Labute approximate surface area is 116 Å². The van der Waals surface area contributed by atoms with E-state index in [-0.39, 0.29) is 5.78 Å². The number of carbonyl (C=O) groups excluding carboxylic acids is 1. The predicted molar refractivity (Wildman–Crippen MR) is 79.4 cm³/mol. The maximum absolute atomic E-state index is 12.0. The molecule has 1 fully saturated rings. The van der Waals surface area contributed by atoms with Crippen LogP contribution in [0, 0.1) is 5.92 Å². The SMILES string of the molecule is CC1CCCN(CCCC(=O)c2ccccc2)C1C. The third-order valence-electron chi connectivity index (χ3n) is 4.45. The van der Waals surface area contributed by atoms with E-state index in [0.29, 0.717) is 12.5 Å². The van der Waals surface area contributed by atoms with E-state index in [1.807, 2.05) is 30.3 Å². The molecule has 2 nitrogen and oxygen atoms in total. The van der Waals surface area contributed by atoms with Crippen LogP contribution in [0.15, 0.2) is 30.3 Å². The summed E-state index contributed by atoms with van der Waals surface area (Å²) >= 11 is 0. The summed E-state index contributed by atoms with van der Waals surface area (Å²) in [6, 6.07) is 10.3. The summed E-state index contributed by atoms with van der Waals surface area (Å²) in [5.41, 5.74) is 0.850. The number of carbonyl (C=O) groups is 1. The van der Waals surface area contributed by atoms with Crippen LogP contribution < -0.4 is 0 Å². The maximum Gasteiger partial charge on any atom is 0.162 e. The molecule has 0 radical (unpaired) electrons. The maximum atomic E-state index is 12.0. The minimum Gasteiger partial charge on any atom is -0.300 e. The van der Waals surface area contributed by atoms with Crippen LogP contribution in [0.3, 0.4) is 0 Å². The smallest absolute Gasteiger partial charge is 0.162 e. The van der Waals surface area contributed by atoms with E-state index in [0.717, 1.165) is 24.4 Å². The van der Waals surface area contributed by atoms with Gasteiger partial charge in [-0.1, -0.05) is 37.3 Å². The van der Waals surface area contributed by atoms with Crippen molar-refractivity contribution < 1.29 is 4.79 Å². The van der Waals surface area contributed by atoms with Crippen LogP contribution in [0.4, 0.5) is 0 Å². The highest BCUT2D eigenvalue weighted by molar-refractivity contribution is 5.95. The summed E-state index contributed by atoms with van der Waals surface area (Å²) in [5, 5.41) is 0. The van der Waals surface area contributed by atoms with Crippen LogP contribution in [-0.4, -0.2) is 29.8 Å². The summed E-state index contributed by atoms with van der Waals surface area (Å²) in [7, 11) is 0. The number of nitrogens with zero attached hydrogens (tertiary/aromatic N) is 1. The molecule has 0 bridgehead atoms. The molecule has 0 aliphatic carbocycles. The molecule has 1 aliphatic rings. The van der Waals surface area contributed by atoms with Gasteiger partial charge in [0.15, 0.2) is 5.78 Å². The molecule has 2 atom stereocenters. The molecule has 0 saturated carbocycles. The Hall–Kier alpha value is -1.15. The van der Waals surface area contributed by atoms with Gasteiger partial charge >= 0.3 is 0 Å². The summed E-state index contributed by atoms with van der Waals surface area (Å²) < 4.78 is 0. The first-order chi connectivity index (χ1) is 9.18. The Kier molecular flexibility index (Phi) is 5.15. The normalized spacial score (nSPS) is 24.3. The van der Waals surface area contributed by atoms with Gasteiger partial charge in [0, 0.05) is 18.0 Å². The van der Waals surface area contributed by atoms with Gasteiger partial charge in [-0.25, -0.2) is 0 Å². The minimum atomic E-state index is 0.276. The van der Waals surface area contributed by atoms with E-state index in [1.54, 1.807) is 0 Å². The molecule has 104 valence electrons. The molecule has 0 spiro atoms. The summed E-state index contributed by atoms with van der Waals surface area (Å²) in [5.74, 6) is 1.07. The van der Waals surface area contributed by atoms with Gasteiger partial charge in [-0.05, 0) is 45.2 Å². The van der Waals surface area contributed by atoms with E-state index < -0.39 is 0 Å². The number of hydrogen-bond donors (Lipinski definition) is 0. The molecule has 2 unspecified atom stereocenters. The lowest BCUT2D eigenvalue weighted by Gasteiger charge is -2.37. The number of likely N-dealkylation sites (tertiary alicyclic amines) is 1. The van der Waals surface area contributed by atoms with Crippen LogP contribution in [0.2, 0.25) is 0 Å². The van der Waals surface area contributed by atoms with Crippen molar-refractivity contribution >= 4 is 5.78 Å². The van der Waals surface area contributed by atoms with E-state index >= 15 is 0 Å². The fourth-order valence-electron chi connectivity index (χ4n) is 2.95. The van der Waals surface area contributed by atoms with Crippen LogP contribution in [0.25, 0.3) is 0 Å². The van der Waals surface area contributed by atoms with Gasteiger partial charge in [-0.2, -0.15) is 0 Å². The van der Waals surface area contributed by atoms with Crippen LogP contribution in [-0.2, 0) is 0 Å². The molecular weight excluding hydrogens is 234 g/mol. The largest absolute Gasteiger partial charge is 0.300 e. The number of ketones is 1. The number of hydrogen-bond acceptors (Lipinski definition) is 2. The fraction of sp³-hybridized carbons (Fsp3) is 0.588. The van der Waals surface area contributed by atoms with Crippen molar-refractivity contribution in [1.82, 2.24) is 4.90 Å². The standard InChI is InChI=1S/C17H25NO/c1-14-8-6-12-18(15(14)2)13-7-11-17(19)16-9-4-3-5-10-16/h3-5,9-10,14-15H,6-8,11-13H2,1-2H3. The lowest BCUT2D eigenvalue weighted by atomic mass is 9.92. The zero-order valence-electron chi connectivity index (χ0n) is 12.1. The van der Waals surface area contributed by atoms with E-state index in [1.165, 1.54) is 19.4 Å². The number of benzene rings is 1. The average Bonchev–Trinajstić information content (AvgIpc) is 2.44. The van der Waals surface area contributed by atoms with Gasteiger partial charge in [0.05, 0.1) is 0 Å². The second-order valence-electron chi connectivity index (χ2n) is 5.79. The van der Waals surface area contributed by atoms with Crippen molar-refractivity contribution in [2.45, 2.75) is 45.6 Å². The highest BCUT2D eigenvalue weighted by Gasteiger charge is 2.24. The van der Waals surface area contributed by atoms with Crippen LogP contribution in [0.5, 0.6) is 0 Å². The first-order valence-electron chi connectivity index (χ1n) is 7.51. The topological polar surface area (TPSA) is 20.3 Å². The van der Waals surface area contributed by atoms with E-state index in [9.17, 15) is 4.79 Å². The fourth-order valence-corrected chi connectivity index (χ4v) is 2.95. The highest BCUT2D eigenvalue weighted by atomic mass is 16.1. The van der Waals surface area contributed by atoms with Gasteiger partial charge in [-0.15, -0.1) is 0 Å². The third-order valence-corrected chi connectivity index (χ3v) is 4.45. The highest BCUT2D eigenvalue weighted by Crippen LogP contribution is 2.23. The average molecular weight is 259 g/mol. The van der Waals surface area contributed by atoms with Crippen molar-refractivity contribution in [3.05, 3.63) is 35.9 Å². The molecule has 1 saturated heterocycles. The van der Waals surface area contributed by atoms with Crippen molar-refractivity contribution in [3.63, 3.8) is 0 Å². The molecule has 19 heavy (non-hydrogen) atoms. The van der Waals surface area contributed by atoms with E-state index in [2.05, 4.69) is 18.7 Å². The molecule has 1 aliphatic heterocycles. The van der Waals surface area contributed by atoms with Crippen LogP contribution in [0.1, 0.15) is 49.9 Å². The Morgan fingerprint density at radius 2 is 2.00 bits per heavy atom. The zero-order valence-corrected chi connectivity index (χ0v) is 12.1. The molecular formula is C17H25NO. The van der Waals surface area contributed by atoms with Gasteiger partial charge in [0.25, 0.3) is 0 Å². The van der Waals surface area contributed by atoms with Gasteiger partial charge < -0.3 is 4.90 Å². The summed E-state index contributed by atoms with van der Waals surface area (Å²) in [6.07, 6.45) is 4.30. The second kappa shape index (κ2) is 6.85. The van der Waals surface area contributed by atoms with Gasteiger partial charge in [0.1, 0.15) is 0 Å². The Morgan fingerprint density at radius 3 is 2.74 bits per heavy atom. The summed E-state index contributed by atoms with van der Waals surface area (Å²) in [6.45, 7) is 6.92. The molecule has 0 N–H and O–H groups in total. The molecule has 1 heterocycles. The number of Topliss-reactive ketones (excluding diaryl/α,β-unsaturated/α-hetero) is 1.